The fraction of sp³-hybridized carbons (Fsp3) is 0.833. The summed E-state index contributed by atoms with van der Waals surface area (Å²) in [4.78, 5) is 10.2. The highest BCUT2D eigenvalue weighted by Gasteiger charge is 2.40. The zero-order chi connectivity index (χ0) is 10.6. The number of alkyl halides is 1. The average Bonchev–Trinajstić information content (AvgIpc) is 2.14. The fourth-order valence-electron chi connectivity index (χ4n) is 0.628. The number of carbonyl (C=O) groups excluding carboxylic acids is 1. The Morgan fingerprint density at radius 1 is 1.38 bits per heavy atom. The summed E-state index contributed by atoms with van der Waals surface area (Å²) in [6, 6.07) is 0. The topological polar surface area (TPSA) is 118 Å². The quantitative estimate of drug-likeness (QED) is 0.216. The predicted molar refractivity (Wildman–Crippen MR) is 50.1 cm³/mol. The Bertz CT molecular complexity index is 173. The van der Waals surface area contributed by atoms with Gasteiger partial charge in [0.25, 0.3) is 0 Å². The monoisotopic (exact) mass is 306 g/mol. The van der Waals surface area contributed by atoms with E-state index in [4.69, 9.17) is 25.5 Å². The van der Waals surface area contributed by atoms with Gasteiger partial charge >= 0.3 is 0 Å². The molecule has 78 valence electrons. The number of hydrogen-bond acceptors (Lipinski definition) is 6. The van der Waals surface area contributed by atoms with Crippen molar-refractivity contribution in [2.24, 2.45) is 0 Å². The van der Waals surface area contributed by atoms with Crippen LogP contribution in [-0.4, -0.2) is 60.3 Å². The van der Waals surface area contributed by atoms with Gasteiger partial charge in [0.05, 0.1) is 6.61 Å². The Balaban J connectivity index is 4.40. The van der Waals surface area contributed by atoms with Crippen molar-refractivity contribution in [1.29, 1.82) is 0 Å². The molecule has 7 heteroatoms. The van der Waals surface area contributed by atoms with Crippen LogP contribution in [0.25, 0.3) is 0 Å². The molecule has 0 spiro atoms. The molecule has 6 nitrogen and oxygen atoms in total. The number of aldehydes is 1. The molecule has 0 amide bonds. The van der Waals surface area contributed by atoms with E-state index in [0.29, 0.717) is 0 Å². The van der Waals surface area contributed by atoms with E-state index in [1.165, 1.54) is 22.6 Å². The highest BCUT2D eigenvalue weighted by Crippen LogP contribution is 2.20. The smallest absolute Gasteiger partial charge is 0.199 e. The summed E-state index contributed by atoms with van der Waals surface area (Å²) in [6.07, 6.45) is -5.20. The Kier molecular flexibility index (Phi) is 5.25. The molecule has 0 heterocycles. The van der Waals surface area contributed by atoms with Crippen LogP contribution in [0.1, 0.15) is 0 Å². The number of carbonyl (C=O) groups is 1. The van der Waals surface area contributed by atoms with Gasteiger partial charge < -0.3 is 25.5 Å². The summed E-state index contributed by atoms with van der Waals surface area (Å²) >= 11 is 1.22. The lowest BCUT2D eigenvalue weighted by atomic mass is 10.0. The van der Waals surface area contributed by atoms with Crippen LogP contribution in [-0.2, 0) is 4.79 Å². The Labute approximate surface area is 88.0 Å². The lowest BCUT2D eigenvalue weighted by molar-refractivity contribution is -0.139. The minimum atomic E-state index is -2.17. The van der Waals surface area contributed by atoms with Gasteiger partial charge in [0.1, 0.15) is 18.3 Å². The number of aliphatic hydroxyl groups excluding tert-OH is 4. The van der Waals surface area contributed by atoms with E-state index in [2.05, 4.69) is 0 Å². The van der Waals surface area contributed by atoms with Gasteiger partial charge in [-0.1, -0.05) is 0 Å². The van der Waals surface area contributed by atoms with Crippen molar-refractivity contribution in [2.45, 2.75) is 21.9 Å². The first-order chi connectivity index (χ1) is 5.86. The molecule has 0 aromatic rings. The van der Waals surface area contributed by atoms with Crippen LogP contribution in [0.15, 0.2) is 0 Å². The van der Waals surface area contributed by atoms with E-state index < -0.39 is 28.5 Å². The van der Waals surface area contributed by atoms with Crippen LogP contribution >= 0.6 is 22.6 Å². The standard InChI is InChI=1S/C6H11IO6/c7-6(13,2-9)5(12)4(11)3(10)1-8/h2-5,8,10-13H,1H2/t3-,4+,5+,6+/m1/s1. The molecule has 4 atom stereocenters. The maximum atomic E-state index is 10.2. The van der Waals surface area contributed by atoms with Gasteiger partial charge in [-0.05, 0) is 22.6 Å². The van der Waals surface area contributed by atoms with E-state index in [9.17, 15) is 4.79 Å². The molecular formula is C6H11IO6. The van der Waals surface area contributed by atoms with Crippen LogP contribution in [0.4, 0.5) is 0 Å². The first-order valence-corrected chi connectivity index (χ1v) is 4.47. The molecular weight excluding hydrogens is 295 g/mol. The van der Waals surface area contributed by atoms with Crippen molar-refractivity contribution >= 4 is 28.9 Å². The van der Waals surface area contributed by atoms with Crippen molar-refractivity contribution in [3.05, 3.63) is 0 Å². The molecule has 0 bridgehead atoms. The number of halogens is 1. The molecule has 0 aliphatic carbocycles. The second-order valence-corrected chi connectivity index (χ2v) is 4.26. The number of rotatable bonds is 5. The van der Waals surface area contributed by atoms with Crippen molar-refractivity contribution < 1.29 is 30.3 Å². The highest BCUT2D eigenvalue weighted by molar-refractivity contribution is 14.1. The summed E-state index contributed by atoms with van der Waals surface area (Å²) in [5.74, 6) is 0. The highest BCUT2D eigenvalue weighted by atomic mass is 127. The van der Waals surface area contributed by atoms with Crippen LogP contribution in [0, 0.1) is 0 Å². The second-order valence-electron chi connectivity index (χ2n) is 2.53. The van der Waals surface area contributed by atoms with E-state index in [-0.39, 0.29) is 6.29 Å². The van der Waals surface area contributed by atoms with Crippen LogP contribution in [0.3, 0.4) is 0 Å². The lowest BCUT2D eigenvalue weighted by Crippen LogP contribution is -2.51. The van der Waals surface area contributed by atoms with Gasteiger partial charge in [0.2, 0.25) is 0 Å². The van der Waals surface area contributed by atoms with Gasteiger partial charge in [-0.25, -0.2) is 0 Å². The summed E-state index contributed by atoms with van der Waals surface area (Å²) in [5, 5.41) is 44.6. The number of hydrogen-bond donors (Lipinski definition) is 5. The van der Waals surface area contributed by atoms with E-state index in [0.717, 1.165) is 0 Å². The van der Waals surface area contributed by atoms with Crippen molar-refractivity contribution in [3.8, 4) is 0 Å². The average molecular weight is 306 g/mol. The second kappa shape index (κ2) is 5.17. The third-order valence-corrected chi connectivity index (χ3v) is 2.38. The lowest BCUT2D eigenvalue weighted by Gasteiger charge is -2.27. The Hall–Kier alpha value is 0.200. The van der Waals surface area contributed by atoms with E-state index in [1.54, 1.807) is 0 Å². The largest absolute Gasteiger partial charge is 0.394 e. The summed E-state index contributed by atoms with van der Waals surface area (Å²) in [7, 11) is 0. The maximum absolute atomic E-state index is 10.2. The summed E-state index contributed by atoms with van der Waals surface area (Å²) < 4.78 is -2.17. The molecule has 13 heavy (non-hydrogen) atoms. The molecule has 0 saturated heterocycles. The van der Waals surface area contributed by atoms with Crippen LogP contribution in [0.5, 0.6) is 0 Å². The van der Waals surface area contributed by atoms with Crippen molar-refractivity contribution in [2.75, 3.05) is 6.61 Å². The molecule has 0 aromatic heterocycles. The van der Waals surface area contributed by atoms with Gasteiger partial charge in [0, 0.05) is 0 Å². The van der Waals surface area contributed by atoms with Crippen LogP contribution < -0.4 is 0 Å². The predicted octanol–water partition coefficient (Wildman–Crippen LogP) is -2.62. The summed E-state index contributed by atoms with van der Waals surface area (Å²) in [5.41, 5.74) is 0. The molecule has 0 radical (unpaired) electrons. The SMILES string of the molecule is O=C[C@@](O)(I)[C@@H](O)[C@@H](O)[C@H](O)CO. The Morgan fingerprint density at radius 3 is 2.15 bits per heavy atom. The summed E-state index contributed by atoms with van der Waals surface area (Å²) in [6.45, 7) is -0.774. The normalized spacial score (nSPS) is 22.9. The van der Waals surface area contributed by atoms with E-state index >= 15 is 0 Å². The molecule has 0 aliphatic heterocycles. The van der Waals surface area contributed by atoms with E-state index in [1.807, 2.05) is 0 Å². The first-order valence-electron chi connectivity index (χ1n) is 3.39. The zero-order valence-electron chi connectivity index (χ0n) is 6.54. The molecule has 0 fully saturated rings. The molecule has 0 aliphatic rings. The number of aliphatic hydroxyl groups is 5. The fourth-order valence-corrected chi connectivity index (χ4v) is 0.996. The molecule has 0 aromatic carbocycles. The van der Waals surface area contributed by atoms with Crippen molar-refractivity contribution in [3.63, 3.8) is 0 Å². The zero-order valence-corrected chi connectivity index (χ0v) is 8.70. The minimum absolute atomic E-state index is 0.0333. The molecule has 5 N–H and O–H groups in total. The first kappa shape index (κ1) is 13.2. The van der Waals surface area contributed by atoms with Gasteiger partial charge in [-0.3, -0.25) is 4.79 Å². The van der Waals surface area contributed by atoms with Gasteiger partial charge in [-0.15, -0.1) is 0 Å². The molecule has 0 rings (SSSR count). The third-order valence-electron chi connectivity index (χ3n) is 1.48. The molecule has 0 saturated carbocycles. The van der Waals surface area contributed by atoms with Crippen molar-refractivity contribution in [1.82, 2.24) is 0 Å². The third kappa shape index (κ3) is 3.44. The van der Waals surface area contributed by atoms with Crippen LogP contribution in [0.2, 0.25) is 0 Å². The molecule has 0 unspecified atom stereocenters. The van der Waals surface area contributed by atoms with Gasteiger partial charge in [0.15, 0.2) is 9.89 Å². The Morgan fingerprint density at radius 2 is 1.85 bits per heavy atom. The maximum Gasteiger partial charge on any atom is 0.199 e. The van der Waals surface area contributed by atoms with Gasteiger partial charge in [-0.2, -0.15) is 0 Å². The minimum Gasteiger partial charge on any atom is -0.394 e.